The number of carbonyl (C=O) groups is 2. The molecular formula is C23H16N4O4. The molecule has 3 aromatic carbocycles. The van der Waals surface area contributed by atoms with Crippen LogP contribution in [-0.4, -0.2) is 31.2 Å². The molecule has 0 saturated carbocycles. The second-order valence-corrected chi connectivity index (χ2v) is 7.22. The molecule has 0 atom stereocenters. The number of hydrogen-bond donors (Lipinski definition) is 2. The maximum atomic E-state index is 12.9. The van der Waals surface area contributed by atoms with Crippen molar-refractivity contribution in [2.75, 3.05) is 5.32 Å². The van der Waals surface area contributed by atoms with E-state index in [1.807, 2.05) is 36.4 Å². The summed E-state index contributed by atoms with van der Waals surface area (Å²) in [5.74, 6) is -1.51. The number of carboxylic acids is 1. The zero-order valence-corrected chi connectivity index (χ0v) is 16.4. The van der Waals surface area contributed by atoms with E-state index in [1.54, 1.807) is 35.9 Å². The Hall–Kier alpha value is -4.46. The van der Waals surface area contributed by atoms with Gasteiger partial charge >= 0.3 is 5.97 Å². The Labute approximate surface area is 175 Å². The van der Waals surface area contributed by atoms with E-state index in [1.165, 1.54) is 6.07 Å². The number of benzene rings is 3. The molecule has 31 heavy (non-hydrogen) atoms. The van der Waals surface area contributed by atoms with Gasteiger partial charge in [-0.05, 0) is 41.1 Å². The predicted molar refractivity (Wildman–Crippen MR) is 117 cm³/mol. The Balaban J connectivity index is 1.56. The number of nitrogens with one attached hydrogen (secondary N) is 1. The molecule has 8 heteroatoms. The van der Waals surface area contributed by atoms with Crippen molar-refractivity contribution in [2.45, 2.75) is 0 Å². The number of hydrogen-bond acceptors (Lipinski definition) is 4. The lowest BCUT2D eigenvalue weighted by Crippen LogP contribution is -2.19. The van der Waals surface area contributed by atoms with Gasteiger partial charge in [-0.1, -0.05) is 30.3 Å². The lowest BCUT2D eigenvalue weighted by Gasteiger charge is -2.10. The standard InChI is InChI=1S/C23H16N4O4/c1-26-19-9-8-16(11-17(19)22(29)27-20(26)12-18(25-27)23(30)31)24-21(28)15-7-6-13-4-2-3-5-14(13)10-15/h2-12H,1H3,(H,24,28)(H,30,31). The highest BCUT2D eigenvalue weighted by Crippen LogP contribution is 2.20. The molecule has 0 aliphatic rings. The van der Waals surface area contributed by atoms with Gasteiger partial charge in [0, 0.05) is 24.4 Å². The first-order valence-electron chi connectivity index (χ1n) is 9.48. The smallest absolute Gasteiger partial charge is 0.356 e. The van der Waals surface area contributed by atoms with Crippen LogP contribution in [0.1, 0.15) is 20.8 Å². The minimum atomic E-state index is -1.21. The predicted octanol–water partition coefficient (Wildman–Crippen LogP) is 3.29. The Kier molecular flexibility index (Phi) is 4.07. The number of aromatic carboxylic acids is 1. The maximum absolute atomic E-state index is 12.9. The van der Waals surface area contributed by atoms with Gasteiger partial charge in [0.15, 0.2) is 5.69 Å². The molecule has 2 heterocycles. The van der Waals surface area contributed by atoms with Crippen LogP contribution in [-0.2, 0) is 7.05 Å². The third-order valence-corrected chi connectivity index (χ3v) is 5.30. The number of fused-ring (bicyclic) bond motifs is 3. The number of carbonyl (C=O) groups excluding carboxylic acids is 1. The van der Waals surface area contributed by atoms with E-state index < -0.39 is 11.5 Å². The van der Waals surface area contributed by atoms with E-state index >= 15 is 0 Å². The second kappa shape index (κ2) is 6.81. The van der Waals surface area contributed by atoms with Gasteiger partial charge in [-0.3, -0.25) is 9.59 Å². The molecule has 0 spiro atoms. The third-order valence-electron chi connectivity index (χ3n) is 5.30. The molecule has 5 rings (SSSR count). The van der Waals surface area contributed by atoms with Crippen molar-refractivity contribution in [2.24, 2.45) is 7.05 Å². The number of amides is 1. The van der Waals surface area contributed by atoms with E-state index in [0.717, 1.165) is 15.3 Å². The molecule has 0 aliphatic heterocycles. The van der Waals surface area contributed by atoms with Gasteiger partial charge in [0.1, 0.15) is 5.65 Å². The number of rotatable bonds is 3. The molecule has 2 aromatic heterocycles. The summed E-state index contributed by atoms with van der Waals surface area (Å²) in [4.78, 5) is 36.9. The van der Waals surface area contributed by atoms with Crippen LogP contribution in [0.2, 0.25) is 0 Å². The SMILES string of the molecule is Cn1c2ccc(NC(=O)c3ccc4ccccc4c3)cc2c(=O)n2nc(C(=O)O)cc12. The van der Waals surface area contributed by atoms with Crippen molar-refractivity contribution in [3.63, 3.8) is 0 Å². The third kappa shape index (κ3) is 3.01. The maximum Gasteiger partial charge on any atom is 0.356 e. The van der Waals surface area contributed by atoms with E-state index in [-0.39, 0.29) is 11.6 Å². The van der Waals surface area contributed by atoms with E-state index in [9.17, 15) is 19.5 Å². The molecule has 0 radical (unpaired) electrons. The highest BCUT2D eigenvalue weighted by Gasteiger charge is 2.16. The Morgan fingerprint density at radius 1 is 0.968 bits per heavy atom. The highest BCUT2D eigenvalue weighted by molar-refractivity contribution is 6.07. The van der Waals surface area contributed by atoms with Gasteiger partial charge in [-0.2, -0.15) is 9.61 Å². The number of aromatic nitrogens is 3. The van der Waals surface area contributed by atoms with Gasteiger partial charge < -0.3 is 15.0 Å². The molecule has 5 aromatic rings. The number of nitrogens with zero attached hydrogens (tertiary/aromatic N) is 3. The molecule has 1 amide bonds. The van der Waals surface area contributed by atoms with Crippen molar-refractivity contribution in [1.29, 1.82) is 0 Å². The van der Waals surface area contributed by atoms with Crippen LogP contribution in [0.15, 0.2) is 71.5 Å². The Morgan fingerprint density at radius 3 is 2.52 bits per heavy atom. The molecule has 0 fully saturated rings. The van der Waals surface area contributed by atoms with Crippen molar-refractivity contribution in [3.8, 4) is 0 Å². The molecule has 0 aliphatic carbocycles. The average Bonchev–Trinajstić information content (AvgIpc) is 3.23. The number of anilines is 1. The quantitative estimate of drug-likeness (QED) is 0.473. The molecule has 0 saturated heterocycles. The minimum absolute atomic E-state index is 0.215. The molecule has 2 N–H and O–H groups in total. The summed E-state index contributed by atoms with van der Waals surface area (Å²) in [6.07, 6.45) is 0. The van der Waals surface area contributed by atoms with Crippen LogP contribution < -0.4 is 10.9 Å². The van der Waals surface area contributed by atoms with E-state index in [2.05, 4.69) is 10.4 Å². The van der Waals surface area contributed by atoms with Gasteiger partial charge in [-0.25, -0.2) is 4.79 Å². The molecule has 0 bridgehead atoms. The van der Waals surface area contributed by atoms with Gasteiger partial charge in [-0.15, -0.1) is 0 Å². The van der Waals surface area contributed by atoms with Crippen LogP contribution in [0.4, 0.5) is 5.69 Å². The fourth-order valence-corrected chi connectivity index (χ4v) is 3.71. The van der Waals surface area contributed by atoms with E-state index in [4.69, 9.17) is 0 Å². The van der Waals surface area contributed by atoms with Crippen LogP contribution in [0.5, 0.6) is 0 Å². The Morgan fingerprint density at radius 2 is 1.74 bits per heavy atom. The molecule has 8 nitrogen and oxygen atoms in total. The summed E-state index contributed by atoms with van der Waals surface area (Å²) >= 11 is 0. The minimum Gasteiger partial charge on any atom is -0.476 e. The summed E-state index contributed by atoms with van der Waals surface area (Å²) in [6.45, 7) is 0. The van der Waals surface area contributed by atoms with E-state index in [0.29, 0.717) is 27.8 Å². The lowest BCUT2D eigenvalue weighted by atomic mass is 10.1. The zero-order chi connectivity index (χ0) is 21.7. The van der Waals surface area contributed by atoms with Crippen LogP contribution >= 0.6 is 0 Å². The van der Waals surface area contributed by atoms with Gasteiger partial charge in [0.25, 0.3) is 11.5 Å². The zero-order valence-electron chi connectivity index (χ0n) is 16.4. The van der Waals surface area contributed by atoms with Crippen molar-refractivity contribution in [3.05, 3.63) is 88.3 Å². The summed E-state index contributed by atoms with van der Waals surface area (Å²) < 4.78 is 2.74. The first-order valence-corrected chi connectivity index (χ1v) is 9.48. The summed E-state index contributed by atoms with van der Waals surface area (Å²) in [7, 11) is 1.72. The first-order chi connectivity index (χ1) is 14.9. The fraction of sp³-hybridized carbons (Fsp3) is 0.0435. The summed E-state index contributed by atoms with van der Waals surface area (Å²) in [6, 6.07) is 19.5. The molecule has 0 unspecified atom stereocenters. The van der Waals surface area contributed by atoms with Crippen LogP contribution in [0.25, 0.3) is 27.3 Å². The van der Waals surface area contributed by atoms with Crippen molar-refractivity contribution in [1.82, 2.24) is 14.2 Å². The van der Waals surface area contributed by atoms with Crippen molar-refractivity contribution < 1.29 is 14.7 Å². The topological polar surface area (TPSA) is 106 Å². The normalized spacial score (nSPS) is 11.3. The Bertz CT molecular complexity index is 1600. The van der Waals surface area contributed by atoms with Crippen LogP contribution in [0, 0.1) is 0 Å². The fourth-order valence-electron chi connectivity index (χ4n) is 3.71. The average molecular weight is 412 g/mol. The lowest BCUT2D eigenvalue weighted by molar-refractivity contribution is 0.0690. The van der Waals surface area contributed by atoms with Gasteiger partial charge in [0.05, 0.1) is 10.9 Å². The largest absolute Gasteiger partial charge is 0.476 e. The second-order valence-electron chi connectivity index (χ2n) is 7.22. The first kappa shape index (κ1) is 18.6. The summed E-state index contributed by atoms with van der Waals surface area (Å²) in [5.41, 5.74) is 1.24. The molecule has 152 valence electrons. The number of aryl methyl sites for hydroxylation is 1. The summed E-state index contributed by atoms with van der Waals surface area (Å²) in [5, 5.41) is 18.2. The highest BCUT2D eigenvalue weighted by atomic mass is 16.4. The van der Waals surface area contributed by atoms with Crippen LogP contribution in [0.3, 0.4) is 0 Å². The van der Waals surface area contributed by atoms with Crippen molar-refractivity contribution >= 4 is 44.9 Å². The number of carboxylic acid groups (broad SMARTS) is 1. The van der Waals surface area contributed by atoms with Gasteiger partial charge in [0.2, 0.25) is 0 Å². The monoisotopic (exact) mass is 412 g/mol. The molecular weight excluding hydrogens is 396 g/mol.